The fourth-order valence-electron chi connectivity index (χ4n) is 2.58. The van der Waals surface area contributed by atoms with E-state index in [4.69, 9.17) is 9.47 Å². The normalized spacial score (nSPS) is 11.0. The van der Waals surface area contributed by atoms with Crippen LogP contribution in [-0.2, 0) is 11.3 Å². The van der Waals surface area contributed by atoms with Crippen molar-refractivity contribution in [1.29, 1.82) is 0 Å². The van der Waals surface area contributed by atoms with Gasteiger partial charge in [0.1, 0.15) is 5.65 Å². The van der Waals surface area contributed by atoms with E-state index in [9.17, 15) is 4.39 Å². The Bertz CT molecular complexity index is 1050. The second-order valence-electron chi connectivity index (χ2n) is 5.64. The van der Waals surface area contributed by atoms with Crippen molar-refractivity contribution in [3.05, 3.63) is 72.7 Å². The molecule has 6 nitrogen and oxygen atoms in total. The monoisotopic (exact) mass is 350 g/mol. The zero-order chi connectivity index (χ0) is 17.9. The fraction of sp³-hybridized carbons (Fsp3) is 0.105. The SMILES string of the molecule is COCc1cn2cc(-c3cnc(Oc4ccccc4F)nc3)ccc2n1. The van der Waals surface area contributed by atoms with E-state index in [1.807, 2.05) is 28.9 Å². The van der Waals surface area contributed by atoms with Crippen molar-refractivity contribution >= 4 is 5.65 Å². The topological polar surface area (TPSA) is 61.5 Å². The number of hydrogen-bond acceptors (Lipinski definition) is 5. The van der Waals surface area contributed by atoms with Gasteiger partial charge in [-0.2, -0.15) is 0 Å². The Hall–Kier alpha value is -3.32. The summed E-state index contributed by atoms with van der Waals surface area (Å²) in [6.45, 7) is 0.461. The lowest BCUT2D eigenvalue weighted by Gasteiger charge is -2.06. The van der Waals surface area contributed by atoms with E-state index in [2.05, 4.69) is 15.0 Å². The molecule has 0 bridgehead atoms. The van der Waals surface area contributed by atoms with Gasteiger partial charge in [-0.3, -0.25) is 0 Å². The Morgan fingerprint density at radius 3 is 2.58 bits per heavy atom. The number of fused-ring (bicyclic) bond motifs is 1. The maximum absolute atomic E-state index is 13.6. The molecular weight excluding hydrogens is 335 g/mol. The number of benzene rings is 1. The van der Waals surface area contributed by atoms with Crippen LogP contribution in [0.5, 0.6) is 11.8 Å². The third kappa shape index (κ3) is 3.25. The number of hydrogen-bond donors (Lipinski definition) is 0. The first-order chi connectivity index (χ1) is 12.7. The molecule has 26 heavy (non-hydrogen) atoms. The second-order valence-corrected chi connectivity index (χ2v) is 5.64. The molecule has 4 aromatic rings. The molecule has 3 heterocycles. The maximum atomic E-state index is 13.6. The molecule has 0 unspecified atom stereocenters. The van der Waals surface area contributed by atoms with Crippen LogP contribution in [-0.4, -0.2) is 26.5 Å². The van der Waals surface area contributed by atoms with Crippen molar-refractivity contribution in [1.82, 2.24) is 19.4 Å². The average molecular weight is 350 g/mol. The molecule has 7 heteroatoms. The lowest BCUT2D eigenvalue weighted by atomic mass is 10.1. The number of aromatic nitrogens is 4. The van der Waals surface area contributed by atoms with Gasteiger partial charge in [-0.15, -0.1) is 0 Å². The van der Waals surface area contributed by atoms with Crippen LogP contribution in [0.3, 0.4) is 0 Å². The quantitative estimate of drug-likeness (QED) is 0.547. The zero-order valence-electron chi connectivity index (χ0n) is 14.0. The van der Waals surface area contributed by atoms with Gasteiger partial charge in [0, 0.05) is 43.0 Å². The lowest BCUT2D eigenvalue weighted by molar-refractivity contribution is 0.182. The van der Waals surface area contributed by atoms with Crippen molar-refractivity contribution in [3.8, 4) is 22.9 Å². The Morgan fingerprint density at radius 1 is 1.00 bits per heavy atom. The summed E-state index contributed by atoms with van der Waals surface area (Å²) < 4.78 is 26.0. The Morgan fingerprint density at radius 2 is 1.81 bits per heavy atom. The Balaban J connectivity index is 1.58. The number of methoxy groups -OCH3 is 1. The van der Waals surface area contributed by atoms with Crippen LogP contribution in [0.1, 0.15) is 5.69 Å². The summed E-state index contributed by atoms with van der Waals surface area (Å²) in [6, 6.07) is 10.1. The molecule has 0 amide bonds. The number of rotatable bonds is 5. The molecule has 0 saturated heterocycles. The largest absolute Gasteiger partial charge is 0.421 e. The van der Waals surface area contributed by atoms with Gasteiger partial charge in [0.2, 0.25) is 0 Å². The number of halogens is 1. The molecule has 0 saturated carbocycles. The van der Waals surface area contributed by atoms with Crippen molar-refractivity contribution in [2.45, 2.75) is 6.61 Å². The summed E-state index contributed by atoms with van der Waals surface area (Å²) in [5.41, 5.74) is 3.43. The summed E-state index contributed by atoms with van der Waals surface area (Å²) in [6.07, 6.45) is 7.13. The predicted octanol–water partition coefficient (Wildman–Crippen LogP) is 3.87. The zero-order valence-corrected chi connectivity index (χ0v) is 14.0. The third-order valence-electron chi connectivity index (χ3n) is 3.79. The number of pyridine rings is 1. The molecule has 0 spiro atoms. The van der Waals surface area contributed by atoms with Crippen LogP contribution >= 0.6 is 0 Å². The Kier molecular flexibility index (Phi) is 4.28. The minimum absolute atomic E-state index is 0.0879. The van der Waals surface area contributed by atoms with Crippen LogP contribution in [0, 0.1) is 5.82 Å². The van der Waals surface area contributed by atoms with Gasteiger partial charge in [-0.05, 0) is 24.3 Å². The van der Waals surface area contributed by atoms with Gasteiger partial charge in [0.15, 0.2) is 11.6 Å². The van der Waals surface area contributed by atoms with Crippen LogP contribution in [0.2, 0.25) is 0 Å². The molecule has 0 aliphatic rings. The molecular formula is C19H15FN4O2. The second kappa shape index (κ2) is 6.89. The molecule has 1 aromatic carbocycles. The highest BCUT2D eigenvalue weighted by molar-refractivity contribution is 5.63. The summed E-state index contributed by atoms with van der Waals surface area (Å²) >= 11 is 0. The lowest BCUT2D eigenvalue weighted by Crippen LogP contribution is -1.94. The fourth-order valence-corrected chi connectivity index (χ4v) is 2.58. The molecule has 3 aromatic heterocycles. The number of para-hydroxylation sites is 1. The Labute approximate surface area is 148 Å². The van der Waals surface area contributed by atoms with Crippen LogP contribution in [0.25, 0.3) is 16.8 Å². The highest BCUT2D eigenvalue weighted by atomic mass is 19.1. The van der Waals surface area contributed by atoms with Gasteiger partial charge in [-0.25, -0.2) is 19.3 Å². The van der Waals surface area contributed by atoms with Gasteiger partial charge in [-0.1, -0.05) is 12.1 Å². The molecule has 4 rings (SSSR count). The summed E-state index contributed by atoms with van der Waals surface area (Å²) in [7, 11) is 1.64. The van der Waals surface area contributed by atoms with Crippen molar-refractivity contribution in [2.24, 2.45) is 0 Å². The minimum Gasteiger partial charge on any atom is -0.421 e. The molecule has 0 fully saturated rings. The van der Waals surface area contributed by atoms with E-state index < -0.39 is 5.82 Å². The van der Waals surface area contributed by atoms with E-state index >= 15 is 0 Å². The maximum Gasteiger partial charge on any atom is 0.321 e. The van der Waals surface area contributed by atoms with E-state index in [1.54, 1.807) is 31.6 Å². The molecule has 0 radical (unpaired) electrons. The molecule has 130 valence electrons. The van der Waals surface area contributed by atoms with E-state index in [1.165, 1.54) is 12.1 Å². The van der Waals surface area contributed by atoms with E-state index in [0.717, 1.165) is 22.5 Å². The predicted molar refractivity (Wildman–Crippen MR) is 93.4 cm³/mol. The smallest absolute Gasteiger partial charge is 0.321 e. The highest BCUT2D eigenvalue weighted by Gasteiger charge is 2.08. The summed E-state index contributed by atoms with van der Waals surface area (Å²) in [5, 5.41) is 0. The molecule has 0 atom stereocenters. The van der Waals surface area contributed by atoms with Gasteiger partial charge in [0.25, 0.3) is 0 Å². The van der Waals surface area contributed by atoms with Crippen LogP contribution < -0.4 is 4.74 Å². The van der Waals surface area contributed by atoms with E-state index in [0.29, 0.717) is 6.61 Å². The molecule has 0 aliphatic heterocycles. The average Bonchev–Trinajstić information content (AvgIpc) is 3.06. The first kappa shape index (κ1) is 16.2. The van der Waals surface area contributed by atoms with E-state index in [-0.39, 0.29) is 11.8 Å². The first-order valence-electron chi connectivity index (χ1n) is 7.94. The van der Waals surface area contributed by atoms with Gasteiger partial charge >= 0.3 is 6.01 Å². The van der Waals surface area contributed by atoms with Crippen LogP contribution in [0.15, 0.2) is 61.2 Å². The van der Waals surface area contributed by atoms with Crippen molar-refractivity contribution in [2.75, 3.05) is 7.11 Å². The molecule has 0 aliphatic carbocycles. The van der Waals surface area contributed by atoms with Crippen molar-refractivity contribution in [3.63, 3.8) is 0 Å². The van der Waals surface area contributed by atoms with Crippen LogP contribution in [0.4, 0.5) is 4.39 Å². The number of imidazole rings is 1. The highest BCUT2D eigenvalue weighted by Crippen LogP contribution is 2.23. The molecule has 0 N–H and O–H groups in total. The van der Waals surface area contributed by atoms with Crippen molar-refractivity contribution < 1.29 is 13.9 Å². The number of ether oxygens (including phenoxy) is 2. The van der Waals surface area contributed by atoms with Gasteiger partial charge in [0.05, 0.1) is 12.3 Å². The standard InChI is InChI=1S/C19H15FN4O2/c1-25-12-15-11-24-10-13(6-7-18(24)23-15)14-8-21-19(22-9-14)26-17-5-3-2-4-16(17)20/h2-11H,12H2,1H3. The summed E-state index contributed by atoms with van der Waals surface area (Å²) in [4.78, 5) is 12.8. The third-order valence-corrected chi connectivity index (χ3v) is 3.79. The summed E-state index contributed by atoms with van der Waals surface area (Å²) in [5.74, 6) is -0.372. The number of nitrogens with zero attached hydrogens (tertiary/aromatic N) is 4. The minimum atomic E-state index is -0.461. The first-order valence-corrected chi connectivity index (χ1v) is 7.94. The van der Waals surface area contributed by atoms with Gasteiger partial charge < -0.3 is 13.9 Å².